The van der Waals surface area contributed by atoms with Crippen LogP contribution in [0, 0.1) is 12.8 Å². The van der Waals surface area contributed by atoms with Crippen LogP contribution >= 0.6 is 0 Å². The molecule has 2 aromatic carbocycles. The predicted octanol–water partition coefficient (Wildman–Crippen LogP) is 5.50. The zero-order chi connectivity index (χ0) is 19.8. The Bertz CT molecular complexity index is 1150. The molecule has 0 unspecified atom stereocenters. The average molecular weight is 384 g/mol. The second-order valence-electron chi connectivity index (χ2n) is 8.03. The lowest BCUT2D eigenvalue weighted by Crippen LogP contribution is -2.34. The van der Waals surface area contributed by atoms with E-state index in [0.29, 0.717) is 17.6 Å². The molecule has 1 fully saturated rings. The van der Waals surface area contributed by atoms with Gasteiger partial charge in [0, 0.05) is 24.0 Å². The third-order valence-corrected chi connectivity index (χ3v) is 5.65. The fourth-order valence-electron chi connectivity index (χ4n) is 4.05. The van der Waals surface area contributed by atoms with Crippen LogP contribution in [-0.2, 0) is 0 Å². The standard InChI is InChI=1S/C24H24N4O/c1-16-9-11-18(12-10-16)23-26-24(29-27-23)20-14-22(28-13-5-6-17(2)15-28)25-21-8-4-3-7-19(20)21/h3-4,7-12,14,17H,5-6,13,15H2,1-2H3/t17-/m0/s1. The maximum atomic E-state index is 5.70. The van der Waals surface area contributed by atoms with Crippen molar-refractivity contribution in [2.45, 2.75) is 26.7 Å². The van der Waals surface area contributed by atoms with E-state index in [-0.39, 0.29) is 0 Å². The van der Waals surface area contributed by atoms with Crippen LogP contribution in [0.4, 0.5) is 5.82 Å². The third kappa shape index (κ3) is 3.48. The second-order valence-corrected chi connectivity index (χ2v) is 8.03. The van der Waals surface area contributed by atoms with Crippen LogP contribution in [0.5, 0.6) is 0 Å². The summed E-state index contributed by atoms with van der Waals surface area (Å²) in [6.45, 7) is 6.44. The van der Waals surface area contributed by atoms with Gasteiger partial charge in [0.15, 0.2) is 0 Å². The first kappa shape index (κ1) is 17.9. The number of fused-ring (bicyclic) bond motifs is 1. The Morgan fingerprint density at radius 3 is 2.69 bits per heavy atom. The van der Waals surface area contributed by atoms with Crippen molar-refractivity contribution in [2.24, 2.45) is 5.92 Å². The Balaban J connectivity index is 1.59. The Kier molecular flexibility index (Phi) is 4.51. The van der Waals surface area contributed by atoms with Gasteiger partial charge in [0.05, 0.1) is 11.1 Å². The molecule has 1 aliphatic rings. The number of aryl methyl sites for hydroxylation is 1. The van der Waals surface area contributed by atoms with E-state index in [9.17, 15) is 0 Å². The monoisotopic (exact) mass is 384 g/mol. The highest BCUT2D eigenvalue weighted by atomic mass is 16.5. The number of para-hydroxylation sites is 1. The van der Waals surface area contributed by atoms with Crippen LogP contribution in [-0.4, -0.2) is 28.2 Å². The molecule has 4 aromatic rings. The molecule has 5 heteroatoms. The average Bonchev–Trinajstić information content (AvgIpc) is 3.23. The molecule has 29 heavy (non-hydrogen) atoms. The lowest BCUT2D eigenvalue weighted by molar-refractivity contribution is 0.432. The lowest BCUT2D eigenvalue weighted by atomic mass is 10.00. The van der Waals surface area contributed by atoms with E-state index in [1.807, 2.05) is 30.3 Å². The second kappa shape index (κ2) is 7.32. The first-order valence-electron chi connectivity index (χ1n) is 10.2. The minimum atomic E-state index is 0.533. The van der Waals surface area contributed by atoms with Gasteiger partial charge in [-0.05, 0) is 37.8 Å². The van der Waals surface area contributed by atoms with E-state index >= 15 is 0 Å². The normalized spacial score (nSPS) is 17.0. The van der Waals surface area contributed by atoms with Crippen molar-refractivity contribution in [3.05, 3.63) is 60.2 Å². The summed E-state index contributed by atoms with van der Waals surface area (Å²) in [5, 5.41) is 5.26. The number of hydrogen-bond acceptors (Lipinski definition) is 5. The number of hydrogen-bond donors (Lipinski definition) is 0. The highest BCUT2D eigenvalue weighted by Gasteiger charge is 2.21. The van der Waals surface area contributed by atoms with E-state index in [1.165, 1.54) is 18.4 Å². The highest BCUT2D eigenvalue weighted by Crippen LogP contribution is 2.33. The van der Waals surface area contributed by atoms with E-state index < -0.39 is 0 Å². The molecule has 0 amide bonds. The molecule has 0 bridgehead atoms. The lowest BCUT2D eigenvalue weighted by Gasteiger charge is -2.32. The third-order valence-electron chi connectivity index (χ3n) is 5.65. The summed E-state index contributed by atoms with van der Waals surface area (Å²) in [5.41, 5.74) is 4.05. The summed E-state index contributed by atoms with van der Waals surface area (Å²) in [4.78, 5) is 12.0. The fourth-order valence-corrected chi connectivity index (χ4v) is 4.05. The molecule has 1 saturated heterocycles. The van der Waals surface area contributed by atoms with Gasteiger partial charge in [0.2, 0.25) is 5.82 Å². The van der Waals surface area contributed by atoms with Crippen molar-refractivity contribution in [3.63, 3.8) is 0 Å². The summed E-state index contributed by atoms with van der Waals surface area (Å²) in [7, 11) is 0. The quantitative estimate of drug-likeness (QED) is 0.467. The molecule has 2 aromatic heterocycles. The minimum absolute atomic E-state index is 0.533. The molecule has 3 heterocycles. The molecule has 1 aliphatic heterocycles. The highest BCUT2D eigenvalue weighted by molar-refractivity contribution is 5.94. The molecule has 146 valence electrons. The van der Waals surface area contributed by atoms with Gasteiger partial charge >= 0.3 is 0 Å². The van der Waals surface area contributed by atoms with Crippen LogP contribution in [0.1, 0.15) is 25.3 Å². The summed E-state index contributed by atoms with van der Waals surface area (Å²) in [5.74, 6) is 2.80. The van der Waals surface area contributed by atoms with Crippen molar-refractivity contribution in [1.82, 2.24) is 15.1 Å². The van der Waals surface area contributed by atoms with E-state index in [4.69, 9.17) is 14.5 Å². The molecule has 0 N–H and O–H groups in total. The van der Waals surface area contributed by atoms with Crippen LogP contribution in [0.3, 0.4) is 0 Å². The van der Waals surface area contributed by atoms with Crippen molar-refractivity contribution in [3.8, 4) is 22.8 Å². The Morgan fingerprint density at radius 1 is 1.03 bits per heavy atom. The van der Waals surface area contributed by atoms with Crippen LogP contribution in [0.2, 0.25) is 0 Å². The first-order chi connectivity index (χ1) is 14.2. The van der Waals surface area contributed by atoms with Crippen molar-refractivity contribution < 1.29 is 4.52 Å². The fraction of sp³-hybridized carbons (Fsp3) is 0.292. The maximum absolute atomic E-state index is 5.70. The van der Waals surface area contributed by atoms with E-state index in [2.05, 4.69) is 48.2 Å². The smallest absolute Gasteiger partial charge is 0.259 e. The van der Waals surface area contributed by atoms with Crippen molar-refractivity contribution in [1.29, 1.82) is 0 Å². The molecule has 0 saturated carbocycles. The van der Waals surface area contributed by atoms with Gasteiger partial charge in [-0.15, -0.1) is 0 Å². The van der Waals surface area contributed by atoms with Gasteiger partial charge in [-0.1, -0.05) is 60.1 Å². The predicted molar refractivity (Wildman–Crippen MR) is 116 cm³/mol. The van der Waals surface area contributed by atoms with E-state index in [0.717, 1.165) is 40.9 Å². The molecule has 0 aliphatic carbocycles. The van der Waals surface area contributed by atoms with Crippen LogP contribution in [0.15, 0.2) is 59.1 Å². The minimum Gasteiger partial charge on any atom is -0.356 e. The maximum Gasteiger partial charge on any atom is 0.259 e. The van der Waals surface area contributed by atoms with Gasteiger partial charge in [0.1, 0.15) is 5.82 Å². The number of rotatable bonds is 3. The van der Waals surface area contributed by atoms with Crippen LogP contribution in [0.25, 0.3) is 33.7 Å². The molecule has 5 nitrogen and oxygen atoms in total. The van der Waals surface area contributed by atoms with Gasteiger partial charge < -0.3 is 9.42 Å². The largest absolute Gasteiger partial charge is 0.356 e. The Labute approximate surface area is 170 Å². The molecule has 1 atom stereocenters. The summed E-state index contributed by atoms with van der Waals surface area (Å²) >= 11 is 0. The number of aromatic nitrogens is 3. The molecular formula is C24H24N4O. The summed E-state index contributed by atoms with van der Waals surface area (Å²) in [6, 6.07) is 18.4. The number of piperidine rings is 1. The Morgan fingerprint density at radius 2 is 1.86 bits per heavy atom. The molecule has 0 spiro atoms. The zero-order valence-corrected chi connectivity index (χ0v) is 16.8. The van der Waals surface area contributed by atoms with Crippen molar-refractivity contribution in [2.75, 3.05) is 18.0 Å². The molecule has 5 rings (SSSR count). The number of pyridine rings is 1. The summed E-state index contributed by atoms with van der Waals surface area (Å²) < 4.78 is 5.70. The van der Waals surface area contributed by atoms with Gasteiger partial charge in [0.25, 0.3) is 5.89 Å². The summed E-state index contributed by atoms with van der Waals surface area (Å²) in [6.07, 6.45) is 2.48. The topological polar surface area (TPSA) is 55.1 Å². The van der Waals surface area contributed by atoms with Gasteiger partial charge in [-0.25, -0.2) is 4.98 Å². The van der Waals surface area contributed by atoms with E-state index in [1.54, 1.807) is 0 Å². The number of nitrogens with zero attached hydrogens (tertiary/aromatic N) is 4. The SMILES string of the molecule is Cc1ccc(-c2noc(-c3cc(N4CCC[C@H](C)C4)nc4ccccc34)n2)cc1. The Hall–Kier alpha value is -3.21. The zero-order valence-electron chi connectivity index (χ0n) is 16.8. The van der Waals surface area contributed by atoms with Gasteiger partial charge in [-0.2, -0.15) is 4.98 Å². The molecular weight excluding hydrogens is 360 g/mol. The first-order valence-corrected chi connectivity index (χ1v) is 10.2. The number of anilines is 1. The number of benzene rings is 2. The van der Waals surface area contributed by atoms with Crippen LogP contribution < -0.4 is 4.90 Å². The molecule has 0 radical (unpaired) electrons. The van der Waals surface area contributed by atoms with Gasteiger partial charge in [-0.3, -0.25) is 0 Å². The van der Waals surface area contributed by atoms with Crippen molar-refractivity contribution >= 4 is 16.7 Å².